The van der Waals surface area contributed by atoms with Gasteiger partial charge in [0.25, 0.3) is 11.8 Å². The number of benzene rings is 2. The highest BCUT2D eigenvalue weighted by atomic mass is 16.5. The predicted molar refractivity (Wildman–Crippen MR) is 133 cm³/mol. The second kappa shape index (κ2) is 9.40. The summed E-state index contributed by atoms with van der Waals surface area (Å²) in [7, 11) is 1.45. The van der Waals surface area contributed by atoms with Crippen molar-refractivity contribution in [1.29, 1.82) is 0 Å². The molecule has 35 heavy (non-hydrogen) atoms. The lowest BCUT2D eigenvalue weighted by Gasteiger charge is -2.07. The fraction of sp³-hybridized carbons (Fsp3) is 0.154. The van der Waals surface area contributed by atoms with Crippen molar-refractivity contribution in [2.75, 3.05) is 19.0 Å². The van der Waals surface area contributed by atoms with Crippen LogP contribution in [0.2, 0.25) is 0 Å². The first-order chi connectivity index (χ1) is 17.0. The van der Waals surface area contributed by atoms with E-state index in [-0.39, 0.29) is 24.4 Å². The molecule has 0 aliphatic rings. The Morgan fingerprint density at radius 1 is 1.09 bits per heavy atom. The minimum atomic E-state index is -0.324. The van der Waals surface area contributed by atoms with Crippen molar-refractivity contribution in [1.82, 2.24) is 24.9 Å². The summed E-state index contributed by atoms with van der Waals surface area (Å²) in [6, 6.07) is 17.7. The quantitative estimate of drug-likeness (QED) is 0.337. The summed E-state index contributed by atoms with van der Waals surface area (Å²) in [4.78, 5) is 32.2. The van der Waals surface area contributed by atoms with E-state index < -0.39 is 0 Å². The first-order valence-corrected chi connectivity index (χ1v) is 11.1. The summed E-state index contributed by atoms with van der Waals surface area (Å²) < 4.78 is 6.42. The molecule has 3 heterocycles. The van der Waals surface area contributed by atoms with Gasteiger partial charge in [-0.2, -0.15) is 4.98 Å². The van der Waals surface area contributed by atoms with Gasteiger partial charge in [-0.05, 0) is 42.3 Å². The van der Waals surface area contributed by atoms with Crippen LogP contribution in [0.1, 0.15) is 21.5 Å². The van der Waals surface area contributed by atoms with Crippen LogP contribution in [0.5, 0.6) is 0 Å². The molecular formula is C26H24N6O3. The number of amides is 2. The second-order valence-corrected chi connectivity index (χ2v) is 8.27. The molecule has 3 N–H and O–H groups in total. The SMILES string of the molecule is COCC(=O)Nc1nc2ccc(-c3ccc4[nH]cc(C(=O)NCc5cccc(C)c5)c4c3)cn2n1. The third-order valence-electron chi connectivity index (χ3n) is 5.65. The molecule has 5 aromatic rings. The van der Waals surface area contributed by atoms with Gasteiger partial charge in [-0.1, -0.05) is 35.9 Å². The second-order valence-electron chi connectivity index (χ2n) is 8.27. The van der Waals surface area contributed by atoms with E-state index in [2.05, 4.69) is 31.8 Å². The number of ether oxygens (including phenoxy) is 1. The normalized spacial score (nSPS) is 11.1. The summed E-state index contributed by atoms with van der Waals surface area (Å²) in [5, 5.41) is 10.8. The number of pyridine rings is 1. The van der Waals surface area contributed by atoms with Gasteiger partial charge in [0.15, 0.2) is 5.65 Å². The molecule has 9 nitrogen and oxygen atoms in total. The van der Waals surface area contributed by atoms with Crippen molar-refractivity contribution < 1.29 is 14.3 Å². The Morgan fingerprint density at radius 2 is 1.94 bits per heavy atom. The summed E-state index contributed by atoms with van der Waals surface area (Å²) in [6.45, 7) is 2.42. The number of nitrogens with zero attached hydrogens (tertiary/aromatic N) is 3. The Hall–Kier alpha value is -4.50. The molecule has 2 amide bonds. The maximum absolute atomic E-state index is 12.9. The highest BCUT2D eigenvalue weighted by molar-refractivity contribution is 6.07. The number of rotatable bonds is 7. The first-order valence-electron chi connectivity index (χ1n) is 11.1. The lowest BCUT2D eigenvalue weighted by molar-refractivity contribution is -0.119. The van der Waals surface area contributed by atoms with Crippen LogP contribution < -0.4 is 10.6 Å². The maximum Gasteiger partial charge on any atom is 0.253 e. The Morgan fingerprint density at radius 3 is 2.77 bits per heavy atom. The zero-order valence-electron chi connectivity index (χ0n) is 19.3. The zero-order valence-corrected chi connectivity index (χ0v) is 19.3. The number of carbonyl (C=O) groups is 2. The number of aryl methyl sites for hydroxylation is 1. The lowest BCUT2D eigenvalue weighted by Crippen LogP contribution is -2.22. The van der Waals surface area contributed by atoms with E-state index in [4.69, 9.17) is 4.74 Å². The summed E-state index contributed by atoms with van der Waals surface area (Å²) in [5.41, 5.74) is 6.08. The van der Waals surface area contributed by atoms with E-state index in [0.717, 1.165) is 33.2 Å². The molecule has 0 saturated carbocycles. The molecule has 9 heteroatoms. The molecule has 2 aromatic carbocycles. The van der Waals surface area contributed by atoms with Crippen LogP contribution in [0, 0.1) is 6.92 Å². The van der Waals surface area contributed by atoms with E-state index in [1.165, 1.54) is 7.11 Å². The van der Waals surface area contributed by atoms with Gasteiger partial charge in [0, 0.05) is 42.5 Å². The average Bonchev–Trinajstić information content (AvgIpc) is 3.45. The van der Waals surface area contributed by atoms with Crippen molar-refractivity contribution in [2.45, 2.75) is 13.5 Å². The van der Waals surface area contributed by atoms with E-state index >= 15 is 0 Å². The van der Waals surface area contributed by atoms with Crippen LogP contribution in [-0.4, -0.2) is 45.1 Å². The Balaban J connectivity index is 1.39. The number of methoxy groups -OCH3 is 1. The van der Waals surface area contributed by atoms with Crippen molar-refractivity contribution >= 4 is 34.3 Å². The number of fused-ring (bicyclic) bond motifs is 2. The standard InChI is InChI=1S/C26H24N6O3/c1-16-4-3-5-17(10-16)12-28-25(34)21-13-27-22-8-6-18(11-20(21)22)19-7-9-23-29-26(31-32(23)14-19)30-24(33)15-35-2/h3-11,13-14,27H,12,15H2,1-2H3,(H,28,34)(H,30,31,33). The van der Waals surface area contributed by atoms with Crippen LogP contribution in [0.3, 0.4) is 0 Å². The molecule has 0 unspecified atom stereocenters. The van der Waals surface area contributed by atoms with Crippen LogP contribution in [0.15, 0.2) is 67.0 Å². The van der Waals surface area contributed by atoms with Gasteiger partial charge in [-0.15, -0.1) is 5.10 Å². The third-order valence-corrected chi connectivity index (χ3v) is 5.65. The van der Waals surface area contributed by atoms with Crippen molar-refractivity contribution in [3.05, 3.63) is 83.7 Å². The molecule has 0 atom stereocenters. The van der Waals surface area contributed by atoms with E-state index in [1.807, 2.05) is 61.7 Å². The van der Waals surface area contributed by atoms with Crippen LogP contribution in [0.25, 0.3) is 27.7 Å². The summed E-state index contributed by atoms with van der Waals surface area (Å²) in [5.74, 6) is -0.259. The van der Waals surface area contributed by atoms with Crippen molar-refractivity contribution in [3.8, 4) is 11.1 Å². The molecule has 0 saturated heterocycles. The van der Waals surface area contributed by atoms with Gasteiger partial charge in [0.2, 0.25) is 5.95 Å². The molecule has 3 aromatic heterocycles. The predicted octanol–water partition coefficient (Wildman–Crippen LogP) is 3.70. The molecular weight excluding hydrogens is 444 g/mol. The smallest absolute Gasteiger partial charge is 0.253 e. The monoisotopic (exact) mass is 468 g/mol. The van der Waals surface area contributed by atoms with Gasteiger partial charge in [-0.3, -0.25) is 14.9 Å². The number of aromatic nitrogens is 4. The molecule has 0 bridgehead atoms. The Bertz CT molecular complexity index is 1550. The molecule has 0 spiro atoms. The summed E-state index contributed by atoms with van der Waals surface area (Å²) in [6.07, 6.45) is 3.56. The van der Waals surface area contributed by atoms with Crippen molar-refractivity contribution in [3.63, 3.8) is 0 Å². The number of carbonyl (C=O) groups excluding carboxylic acids is 2. The minimum absolute atomic E-state index is 0.0711. The molecule has 0 fully saturated rings. The first kappa shape index (κ1) is 22.3. The van der Waals surface area contributed by atoms with Crippen LogP contribution in [-0.2, 0) is 16.1 Å². The van der Waals surface area contributed by atoms with Gasteiger partial charge >= 0.3 is 0 Å². The van der Waals surface area contributed by atoms with Gasteiger partial charge in [-0.25, -0.2) is 4.52 Å². The van der Waals surface area contributed by atoms with Gasteiger partial charge in [0.05, 0.1) is 5.56 Å². The fourth-order valence-corrected chi connectivity index (χ4v) is 3.99. The highest BCUT2D eigenvalue weighted by Gasteiger charge is 2.14. The number of anilines is 1. The van der Waals surface area contributed by atoms with Gasteiger partial charge in [0.1, 0.15) is 6.61 Å². The number of aromatic amines is 1. The number of hydrogen-bond donors (Lipinski definition) is 3. The van der Waals surface area contributed by atoms with E-state index in [1.54, 1.807) is 10.7 Å². The van der Waals surface area contributed by atoms with Gasteiger partial charge < -0.3 is 15.0 Å². The molecule has 0 aliphatic heterocycles. The average molecular weight is 469 g/mol. The number of nitrogens with one attached hydrogen (secondary N) is 3. The zero-order chi connectivity index (χ0) is 24.4. The van der Waals surface area contributed by atoms with Crippen molar-refractivity contribution in [2.24, 2.45) is 0 Å². The minimum Gasteiger partial charge on any atom is -0.375 e. The molecule has 0 aliphatic carbocycles. The third kappa shape index (κ3) is 4.75. The molecule has 5 rings (SSSR count). The number of H-pyrrole nitrogens is 1. The fourth-order valence-electron chi connectivity index (χ4n) is 3.99. The Kier molecular flexibility index (Phi) is 5.99. The molecule has 176 valence electrons. The van der Waals surface area contributed by atoms with Crippen LogP contribution >= 0.6 is 0 Å². The Labute approximate surface area is 201 Å². The lowest BCUT2D eigenvalue weighted by atomic mass is 10.0. The topological polar surface area (TPSA) is 113 Å². The highest BCUT2D eigenvalue weighted by Crippen LogP contribution is 2.27. The molecule has 0 radical (unpaired) electrons. The van der Waals surface area contributed by atoms with E-state index in [9.17, 15) is 9.59 Å². The van der Waals surface area contributed by atoms with E-state index in [0.29, 0.717) is 17.8 Å². The summed E-state index contributed by atoms with van der Waals surface area (Å²) >= 11 is 0. The van der Waals surface area contributed by atoms with Crippen LogP contribution in [0.4, 0.5) is 5.95 Å². The maximum atomic E-state index is 12.9. The number of hydrogen-bond acceptors (Lipinski definition) is 5. The largest absolute Gasteiger partial charge is 0.375 e.